The zero-order valence-corrected chi connectivity index (χ0v) is 13.0. The highest BCUT2D eigenvalue weighted by Crippen LogP contribution is 2.14. The summed E-state index contributed by atoms with van der Waals surface area (Å²) < 4.78 is 5.23. The zero-order valence-electron chi connectivity index (χ0n) is 13.0. The lowest BCUT2D eigenvalue weighted by molar-refractivity contribution is 0.0951. The van der Waals surface area contributed by atoms with Gasteiger partial charge in [-0.25, -0.2) is 0 Å². The van der Waals surface area contributed by atoms with Gasteiger partial charge in [-0.15, -0.1) is 0 Å². The molecule has 0 unspecified atom stereocenters. The van der Waals surface area contributed by atoms with Gasteiger partial charge in [-0.1, -0.05) is 12.1 Å². The van der Waals surface area contributed by atoms with E-state index >= 15 is 0 Å². The summed E-state index contributed by atoms with van der Waals surface area (Å²) in [5.74, 6) is 0.801. The predicted octanol–water partition coefficient (Wildman–Crippen LogP) is 3.11. The van der Waals surface area contributed by atoms with E-state index in [4.69, 9.17) is 4.42 Å². The number of nitrogens with one attached hydrogen (secondary N) is 1. The molecule has 1 saturated heterocycles. The van der Waals surface area contributed by atoms with E-state index in [1.54, 1.807) is 6.26 Å². The Morgan fingerprint density at radius 3 is 2.55 bits per heavy atom. The number of amides is 1. The number of likely N-dealkylation sites (tertiary alicyclic amines) is 1. The van der Waals surface area contributed by atoms with Crippen LogP contribution in [0.4, 0.5) is 0 Å². The minimum atomic E-state index is -0.0478. The molecule has 2 heterocycles. The van der Waals surface area contributed by atoms with Crippen LogP contribution in [-0.4, -0.2) is 23.9 Å². The highest BCUT2D eigenvalue weighted by molar-refractivity contribution is 5.94. The lowest BCUT2D eigenvalue weighted by Gasteiger charge is -2.14. The highest BCUT2D eigenvalue weighted by atomic mass is 16.3. The third-order valence-electron chi connectivity index (χ3n) is 4.23. The van der Waals surface area contributed by atoms with Gasteiger partial charge in [-0.3, -0.25) is 9.69 Å². The van der Waals surface area contributed by atoms with Gasteiger partial charge in [0.1, 0.15) is 5.76 Å². The number of carbonyl (C=O) groups is 1. The summed E-state index contributed by atoms with van der Waals surface area (Å²) in [6.07, 6.45) is 4.24. The molecule has 1 aliphatic rings. The van der Waals surface area contributed by atoms with Gasteiger partial charge in [-0.2, -0.15) is 0 Å². The highest BCUT2D eigenvalue weighted by Gasteiger charge is 2.12. The molecule has 0 bridgehead atoms. The number of rotatable bonds is 5. The second-order valence-electron chi connectivity index (χ2n) is 5.86. The van der Waals surface area contributed by atoms with E-state index in [1.807, 2.05) is 25.1 Å². The lowest BCUT2D eigenvalue weighted by Crippen LogP contribution is -2.23. The number of hydrogen-bond acceptors (Lipinski definition) is 3. The number of furan rings is 1. The summed E-state index contributed by atoms with van der Waals surface area (Å²) in [5, 5.41) is 2.93. The molecule has 0 saturated carbocycles. The number of hydrogen-bond donors (Lipinski definition) is 1. The van der Waals surface area contributed by atoms with E-state index in [2.05, 4.69) is 22.3 Å². The molecule has 0 atom stereocenters. The number of benzene rings is 1. The molecule has 4 nitrogen and oxygen atoms in total. The molecule has 3 rings (SSSR count). The first kappa shape index (κ1) is 14.9. The summed E-state index contributed by atoms with van der Waals surface area (Å²) in [6.45, 7) is 5.75. The zero-order chi connectivity index (χ0) is 15.4. The van der Waals surface area contributed by atoms with Crippen LogP contribution in [0.2, 0.25) is 0 Å². The summed E-state index contributed by atoms with van der Waals surface area (Å²) >= 11 is 0. The largest absolute Gasteiger partial charge is 0.469 e. The van der Waals surface area contributed by atoms with Gasteiger partial charge >= 0.3 is 0 Å². The summed E-state index contributed by atoms with van der Waals surface area (Å²) in [6, 6.07) is 9.80. The molecule has 1 amide bonds. The second-order valence-corrected chi connectivity index (χ2v) is 5.86. The van der Waals surface area contributed by atoms with Crippen LogP contribution in [0, 0.1) is 6.92 Å². The van der Waals surface area contributed by atoms with Crippen LogP contribution >= 0.6 is 0 Å². The Morgan fingerprint density at radius 1 is 1.18 bits per heavy atom. The van der Waals surface area contributed by atoms with Crippen molar-refractivity contribution in [3.05, 3.63) is 59.0 Å². The topological polar surface area (TPSA) is 45.5 Å². The normalized spacial score (nSPS) is 15.1. The molecule has 2 aromatic rings. The van der Waals surface area contributed by atoms with Crippen molar-refractivity contribution in [1.82, 2.24) is 10.2 Å². The quantitative estimate of drug-likeness (QED) is 0.922. The van der Waals surface area contributed by atoms with Crippen molar-refractivity contribution in [1.29, 1.82) is 0 Å². The third kappa shape index (κ3) is 3.57. The molecule has 0 radical (unpaired) electrons. The summed E-state index contributed by atoms with van der Waals surface area (Å²) in [4.78, 5) is 14.6. The Balaban J connectivity index is 1.55. The fourth-order valence-electron chi connectivity index (χ4n) is 2.83. The van der Waals surface area contributed by atoms with Gasteiger partial charge in [0.05, 0.1) is 6.26 Å². The number of aryl methyl sites for hydroxylation is 1. The van der Waals surface area contributed by atoms with Crippen LogP contribution in [0.3, 0.4) is 0 Å². The first-order chi connectivity index (χ1) is 10.7. The maximum absolute atomic E-state index is 12.2. The van der Waals surface area contributed by atoms with Crippen LogP contribution in [0.1, 0.15) is 40.1 Å². The smallest absolute Gasteiger partial charge is 0.251 e. The van der Waals surface area contributed by atoms with Crippen LogP contribution in [0.15, 0.2) is 41.0 Å². The number of carbonyl (C=O) groups excluding carboxylic acids is 1. The predicted molar refractivity (Wildman–Crippen MR) is 85.6 cm³/mol. The molecule has 1 N–H and O–H groups in total. The average Bonchev–Trinajstić information content (AvgIpc) is 3.17. The molecule has 116 valence electrons. The molecule has 1 aliphatic heterocycles. The van der Waals surface area contributed by atoms with Gasteiger partial charge in [0.25, 0.3) is 5.91 Å². The van der Waals surface area contributed by atoms with Crippen molar-refractivity contribution in [3.63, 3.8) is 0 Å². The second kappa shape index (κ2) is 6.79. The van der Waals surface area contributed by atoms with Crippen molar-refractivity contribution in [2.24, 2.45) is 0 Å². The molecular weight excluding hydrogens is 276 g/mol. The first-order valence-electron chi connectivity index (χ1n) is 7.85. The molecule has 22 heavy (non-hydrogen) atoms. The third-order valence-corrected chi connectivity index (χ3v) is 4.23. The molecule has 0 spiro atoms. The van der Waals surface area contributed by atoms with Gasteiger partial charge < -0.3 is 9.73 Å². The Bertz CT molecular complexity index is 625. The number of nitrogens with zero attached hydrogens (tertiary/aromatic N) is 1. The van der Waals surface area contributed by atoms with Gasteiger partial charge in [-0.05, 0) is 56.6 Å². The van der Waals surface area contributed by atoms with Crippen LogP contribution < -0.4 is 5.32 Å². The minimum absolute atomic E-state index is 0.0478. The molecule has 4 heteroatoms. The minimum Gasteiger partial charge on any atom is -0.469 e. The molecule has 1 aromatic heterocycles. The fourth-order valence-corrected chi connectivity index (χ4v) is 2.83. The summed E-state index contributed by atoms with van der Waals surface area (Å²) in [5.41, 5.74) is 2.98. The van der Waals surface area contributed by atoms with Gasteiger partial charge in [0.2, 0.25) is 0 Å². The van der Waals surface area contributed by atoms with Crippen molar-refractivity contribution in [2.75, 3.05) is 13.1 Å². The monoisotopic (exact) mass is 298 g/mol. The lowest BCUT2D eigenvalue weighted by atomic mass is 10.1. The maximum atomic E-state index is 12.2. The molecule has 1 aromatic carbocycles. The Kier molecular flexibility index (Phi) is 4.59. The van der Waals surface area contributed by atoms with E-state index < -0.39 is 0 Å². The molecule has 1 fully saturated rings. The van der Waals surface area contributed by atoms with E-state index in [-0.39, 0.29) is 5.91 Å². The van der Waals surface area contributed by atoms with Crippen molar-refractivity contribution >= 4 is 5.91 Å². The van der Waals surface area contributed by atoms with Crippen molar-refractivity contribution < 1.29 is 9.21 Å². The van der Waals surface area contributed by atoms with Crippen molar-refractivity contribution in [3.8, 4) is 0 Å². The SMILES string of the molecule is Cc1occc1CNC(=O)c1ccc(CN2CCCC2)cc1. The van der Waals surface area contributed by atoms with Crippen molar-refractivity contribution in [2.45, 2.75) is 32.9 Å². The molecule has 0 aliphatic carbocycles. The Labute approximate surface area is 131 Å². The average molecular weight is 298 g/mol. The standard InChI is InChI=1S/C18H22N2O2/c1-14-17(8-11-22-14)12-19-18(21)16-6-4-15(5-7-16)13-20-9-2-3-10-20/h4-8,11H,2-3,9-10,12-13H2,1H3,(H,19,21). The van der Waals surface area contributed by atoms with E-state index in [1.165, 1.54) is 31.5 Å². The Hall–Kier alpha value is -2.07. The van der Waals surface area contributed by atoms with Gasteiger partial charge in [0, 0.05) is 24.2 Å². The van der Waals surface area contributed by atoms with E-state index in [9.17, 15) is 4.79 Å². The van der Waals surface area contributed by atoms with E-state index in [0.29, 0.717) is 12.1 Å². The summed E-state index contributed by atoms with van der Waals surface area (Å²) in [7, 11) is 0. The Morgan fingerprint density at radius 2 is 1.91 bits per heavy atom. The first-order valence-corrected chi connectivity index (χ1v) is 7.85. The molecular formula is C18H22N2O2. The van der Waals surface area contributed by atoms with Crippen LogP contribution in [0.25, 0.3) is 0 Å². The van der Waals surface area contributed by atoms with E-state index in [0.717, 1.165) is 17.9 Å². The van der Waals surface area contributed by atoms with Crippen LogP contribution in [0.5, 0.6) is 0 Å². The van der Waals surface area contributed by atoms with Gasteiger partial charge in [0.15, 0.2) is 0 Å². The fraction of sp³-hybridized carbons (Fsp3) is 0.389. The van der Waals surface area contributed by atoms with Crippen LogP contribution in [-0.2, 0) is 13.1 Å². The maximum Gasteiger partial charge on any atom is 0.251 e.